The lowest BCUT2D eigenvalue weighted by atomic mass is 10.2. The average molecular weight is 478 g/mol. The number of thiazole rings is 1. The molecule has 0 aliphatic rings. The zero-order chi connectivity index (χ0) is 23.5. The van der Waals surface area contributed by atoms with Gasteiger partial charge in [0.25, 0.3) is 5.91 Å². The molecule has 0 radical (unpaired) electrons. The summed E-state index contributed by atoms with van der Waals surface area (Å²) >= 11 is 1.37. The van der Waals surface area contributed by atoms with Crippen LogP contribution in [0.5, 0.6) is 11.5 Å². The van der Waals surface area contributed by atoms with E-state index in [9.17, 15) is 13.2 Å². The van der Waals surface area contributed by atoms with Crippen molar-refractivity contribution >= 4 is 37.5 Å². The van der Waals surface area contributed by atoms with Gasteiger partial charge in [0.1, 0.15) is 0 Å². The number of sulfonamides is 1. The summed E-state index contributed by atoms with van der Waals surface area (Å²) < 4.78 is 40.3. The highest BCUT2D eigenvalue weighted by molar-refractivity contribution is 7.89. The predicted molar refractivity (Wildman–Crippen MR) is 125 cm³/mol. The first-order valence-electron chi connectivity index (χ1n) is 10.2. The molecule has 8 nitrogen and oxygen atoms in total. The molecule has 172 valence electrons. The van der Waals surface area contributed by atoms with E-state index in [2.05, 4.69) is 4.99 Å². The molecule has 0 aliphatic carbocycles. The van der Waals surface area contributed by atoms with Gasteiger partial charge in [0.15, 0.2) is 16.3 Å². The van der Waals surface area contributed by atoms with Crippen molar-refractivity contribution in [3.8, 4) is 11.5 Å². The topological polar surface area (TPSA) is 90.2 Å². The van der Waals surface area contributed by atoms with Crippen molar-refractivity contribution in [3.63, 3.8) is 0 Å². The van der Waals surface area contributed by atoms with Crippen LogP contribution in [0.15, 0.2) is 46.3 Å². The third-order valence-corrected chi connectivity index (χ3v) is 8.25. The molecule has 32 heavy (non-hydrogen) atoms. The molecule has 0 bridgehead atoms. The van der Waals surface area contributed by atoms with Gasteiger partial charge in [-0.2, -0.15) is 9.30 Å². The fourth-order valence-corrected chi connectivity index (χ4v) is 5.98. The molecule has 1 amide bonds. The van der Waals surface area contributed by atoms with Crippen molar-refractivity contribution in [2.75, 3.05) is 27.3 Å². The summed E-state index contributed by atoms with van der Waals surface area (Å²) in [5.74, 6) is 0.764. The molecule has 3 aromatic rings. The second kappa shape index (κ2) is 9.85. The maximum absolute atomic E-state index is 12.8. The van der Waals surface area contributed by atoms with E-state index >= 15 is 0 Å². The van der Waals surface area contributed by atoms with Gasteiger partial charge >= 0.3 is 0 Å². The molecule has 0 saturated carbocycles. The fraction of sp³-hybridized carbons (Fsp3) is 0.364. The number of rotatable bonds is 8. The lowest BCUT2D eigenvalue weighted by Gasteiger charge is -2.18. The minimum absolute atomic E-state index is 0.155. The van der Waals surface area contributed by atoms with Crippen LogP contribution >= 0.6 is 11.3 Å². The van der Waals surface area contributed by atoms with Gasteiger partial charge in [-0.25, -0.2) is 8.42 Å². The van der Waals surface area contributed by atoms with Gasteiger partial charge in [-0.3, -0.25) is 4.79 Å². The van der Waals surface area contributed by atoms with Crippen molar-refractivity contribution in [1.29, 1.82) is 0 Å². The van der Waals surface area contributed by atoms with Crippen LogP contribution < -0.4 is 14.3 Å². The van der Waals surface area contributed by atoms with Crippen molar-refractivity contribution in [2.24, 2.45) is 4.99 Å². The van der Waals surface area contributed by atoms with Crippen LogP contribution in [0.3, 0.4) is 0 Å². The van der Waals surface area contributed by atoms with Gasteiger partial charge < -0.3 is 14.0 Å². The molecule has 3 rings (SSSR count). The number of methoxy groups -OCH3 is 2. The lowest BCUT2D eigenvalue weighted by Crippen LogP contribution is -2.30. The van der Waals surface area contributed by atoms with Crippen LogP contribution in [0.4, 0.5) is 0 Å². The van der Waals surface area contributed by atoms with Crippen molar-refractivity contribution in [1.82, 2.24) is 8.87 Å². The predicted octanol–water partition coefficient (Wildman–Crippen LogP) is 3.51. The Morgan fingerprint density at radius 1 is 1.03 bits per heavy atom. The Morgan fingerprint density at radius 2 is 1.62 bits per heavy atom. The fourth-order valence-electron chi connectivity index (χ4n) is 3.42. The second-order valence-electron chi connectivity index (χ2n) is 6.83. The van der Waals surface area contributed by atoms with Gasteiger partial charge in [-0.1, -0.05) is 25.2 Å². The average Bonchev–Trinajstić information content (AvgIpc) is 3.14. The van der Waals surface area contributed by atoms with Crippen LogP contribution in [0.1, 0.15) is 31.1 Å². The van der Waals surface area contributed by atoms with E-state index in [4.69, 9.17) is 9.47 Å². The van der Waals surface area contributed by atoms with Crippen LogP contribution in [-0.4, -0.2) is 50.5 Å². The largest absolute Gasteiger partial charge is 0.493 e. The van der Waals surface area contributed by atoms with E-state index in [1.165, 1.54) is 39.9 Å². The monoisotopic (exact) mass is 477 g/mol. The number of amides is 1. The Labute approximate surface area is 191 Å². The number of fused-ring (bicyclic) bond motifs is 1. The summed E-state index contributed by atoms with van der Waals surface area (Å²) in [5, 5.41) is 0. The summed E-state index contributed by atoms with van der Waals surface area (Å²) in [4.78, 5) is 17.8. The Bertz CT molecular complexity index is 1290. The van der Waals surface area contributed by atoms with E-state index in [-0.39, 0.29) is 4.90 Å². The number of hydrogen-bond donors (Lipinski definition) is 0. The third kappa shape index (κ3) is 4.43. The van der Waals surface area contributed by atoms with Crippen LogP contribution in [0.2, 0.25) is 0 Å². The maximum Gasteiger partial charge on any atom is 0.279 e. The normalized spacial score (nSPS) is 12.5. The molecule has 0 fully saturated rings. The standard InChI is InChI=1S/C22H27N3O5S2/c1-6-24(7-2)32(27,28)16-11-9-15(10-12-16)21(26)23-22-25(8-3)17-13-18(29-4)19(30-5)14-20(17)31-22/h9-14H,6-8H2,1-5H3. The Morgan fingerprint density at radius 3 is 2.16 bits per heavy atom. The van der Waals surface area contributed by atoms with Crippen molar-refractivity contribution < 1.29 is 22.7 Å². The zero-order valence-electron chi connectivity index (χ0n) is 18.8. The highest BCUT2D eigenvalue weighted by atomic mass is 32.2. The van der Waals surface area contributed by atoms with Crippen LogP contribution in [0.25, 0.3) is 10.2 Å². The van der Waals surface area contributed by atoms with Gasteiger partial charge in [0, 0.05) is 37.3 Å². The number of aromatic nitrogens is 1. The zero-order valence-corrected chi connectivity index (χ0v) is 20.4. The molecule has 10 heteroatoms. The van der Waals surface area contributed by atoms with E-state index in [0.717, 1.165) is 10.2 Å². The summed E-state index contributed by atoms with van der Waals surface area (Å²) in [7, 11) is -0.430. The number of benzene rings is 2. The van der Waals surface area contributed by atoms with E-state index in [0.29, 0.717) is 41.5 Å². The number of hydrogen-bond acceptors (Lipinski definition) is 6. The first kappa shape index (κ1) is 24.0. The summed E-state index contributed by atoms with van der Waals surface area (Å²) in [6.07, 6.45) is 0. The number of carbonyl (C=O) groups is 1. The molecule has 0 spiro atoms. The van der Waals surface area contributed by atoms with Crippen LogP contribution in [-0.2, 0) is 16.6 Å². The minimum atomic E-state index is -3.58. The first-order chi connectivity index (χ1) is 15.3. The van der Waals surface area contributed by atoms with Gasteiger partial charge in [-0.15, -0.1) is 0 Å². The molecule has 0 saturated heterocycles. The highest BCUT2D eigenvalue weighted by Crippen LogP contribution is 2.33. The van der Waals surface area contributed by atoms with E-state index in [1.807, 2.05) is 23.6 Å². The number of aryl methyl sites for hydroxylation is 1. The van der Waals surface area contributed by atoms with Crippen molar-refractivity contribution in [3.05, 3.63) is 46.8 Å². The molecule has 1 aromatic heterocycles. The minimum Gasteiger partial charge on any atom is -0.493 e. The molecule has 0 N–H and O–H groups in total. The van der Waals surface area contributed by atoms with E-state index < -0.39 is 15.9 Å². The maximum atomic E-state index is 12.8. The summed E-state index contributed by atoms with van der Waals surface area (Å²) in [6.45, 7) is 6.93. The Kier molecular flexibility index (Phi) is 7.37. The lowest BCUT2D eigenvalue weighted by molar-refractivity contribution is 0.0997. The molecular formula is C22H27N3O5S2. The van der Waals surface area contributed by atoms with Gasteiger partial charge in [0.2, 0.25) is 10.0 Å². The third-order valence-electron chi connectivity index (χ3n) is 5.15. The van der Waals surface area contributed by atoms with Gasteiger partial charge in [0.05, 0.1) is 29.3 Å². The molecule has 0 atom stereocenters. The SMILES string of the molecule is CCN(CC)S(=O)(=O)c1ccc(C(=O)N=c2sc3cc(OC)c(OC)cc3n2CC)cc1. The summed E-state index contributed by atoms with van der Waals surface area (Å²) in [6, 6.07) is 9.62. The van der Waals surface area contributed by atoms with Crippen molar-refractivity contribution in [2.45, 2.75) is 32.2 Å². The second-order valence-corrected chi connectivity index (χ2v) is 9.78. The molecule has 2 aromatic carbocycles. The number of carbonyl (C=O) groups excluding carboxylic acids is 1. The quantitative estimate of drug-likeness (QED) is 0.495. The molecular weight excluding hydrogens is 450 g/mol. The first-order valence-corrected chi connectivity index (χ1v) is 12.5. The number of ether oxygens (including phenoxy) is 2. The summed E-state index contributed by atoms with van der Waals surface area (Å²) in [5.41, 5.74) is 1.21. The smallest absolute Gasteiger partial charge is 0.279 e. The Hall–Kier alpha value is -2.69. The molecule has 0 unspecified atom stereocenters. The van der Waals surface area contributed by atoms with Crippen LogP contribution in [0, 0.1) is 0 Å². The highest BCUT2D eigenvalue weighted by Gasteiger charge is 2.21. The van der Waals surface area contributed by atoms with Gasteiger partial charge in [-0.05, 0) is 31.2 Å². The Balaban J connectivity index is 2.01. The molecule has 0 aliphatic heterocycles. The molecule has 1 heterocycles. The number of nitrogens with zero attached hydrogens (tertiary/aromatic N) is 3. The van der Waals surface area contributed by atoms with E-state index in [1.54, 1.807) is 28.1 Å².